The van der Waals surface area contributed by atoms with Crippen LogP contribution in [-0.2, 0) is 9.09 Å². The number of aryl methyl sites for hydroxylation is 1. The predicted octanol–water partition coefficient (Wildman–Crippen LogP) is 4.57. The average molecular weight is 376 g/mol. The largest absolute Gasteiger partial charge is 0.497 e. The molecule has 2 aromatic carbocycles. The van der Waals surface area contributed by atoms with Crippen molar-refractivity contribution < 1.29 is 23.4 Å². The van der Waals surface area contributed by atoms with E-state index in [1.54, 1.807) is 50.4 Å². The molecule has 0 aliphatic heterocycles. The molecule has 0 bridgehead atoms. The van der Waals surface area contributed by atoms with Gasteiger partial charge in [-0.1, -0.05) is 31.5 Å². The van der Waals surface area contributed by atoms with Gasteiger partial charge in [0, 0.05) is 11.4 Å². The monoisotopic (exact) mass is 376 g/mol. The van der Waals surface area contributed by atoms with Crippen molar-refractivity contribution in [1.29, 1.82) is 0 Å². The van der Waals surface area contributed by atoms with Gasteiger partial charge in [0.25, 0.3) is 5.52 Å². The molecule has 0 heterocycles. The van der Waals surface area contributed by atoms with Gasteiger partial charge < -0.3 is 14.0 Å². The maximum Gasteiger partial charge on any atom is 0.300 e. The van der Waals surface area contributed by atoms with Crippen LogP contribution in [0.4, 0.5) is 0 Å². The highest BCUT2D eigenvalue weighted by atomic mass is 31.2. The van der Waals surface area contributed by atoms with Crippen LogP contribution in [0.2, 0.25) is 0 Å². The molecule has 26 heavy (non-hydrogen) atoms. The topological polar surface area (TPSA) is 61.8 Å². The highest BCUT2D eigenvalue weighted by Gasteiger charge is 2.38. The summed E-state index contributed by atoms with van der Waals surface area (Å²) in [5.74, 6) is 0.888. The number of hydrogen-bond acceptors (Lipinski definition) is 5. The van der Waals surface area contributed by atoms with Gasteiger partial charge in [-0.3, -0.25) is 9.36 Å². The van der Waals surface area contributed by atoms with Gasteiger partial charge >= 0.3 is 7.37 Å². The van der Waals surface area contributed by atoms with Crippen LogP contribution in [0.3, 0.4) is 0 Å². The lowest BCUT2D eigenvalue weighted by Gasteiger charge is -2.20. The molecule has 1 atom stereocenters. The molecular weight excluding hydrogens is 351 g/mol. The lowest BCUT2D eigenvalue weighted by atomic mass is 10.1. The van der Waals surface area contributed by atoms with Crippen molar-refractivity contribution in [3.05, 3.63) is 53.6 Å². The minimum atomic E-state index is -3.76. The zero-order valence-electron chi connectivity index (χ0n) is 15.7. The molecule has 2 rings (SSSR count). The van der Waals surface area contributed by atoms with Crippen LogP contribution in [0, 0.1) is 6.92 Å². The number of methoxy groups -OCH3 is 2. The van der Waals surface area contributed by atoms with Gasteiger partial charge in [-0.2, -0.15) is 0 Å². The van der Waals surface area contributed by atoms with Crippen molar-refractivity contribution in [3.63, 3.8) is 0 Å². The van der Waals surface area contributed by atoms with E-state index in [4.69, 9.17) is 14.0 Å². The highest BCUT2D eigenvalue weighted by molar-refractivity contribution is 7.83. The molecule has 2 aromatic rings. The Bertz CT molecular complexity index is 801. The summed E-state index contributed by atoms with van der Waals surface area (Å²) in [7, 11) is -0.756. The first-order valence-corrected chi connectivity index (χ1v) is 10.2. The summed E-state index contributed by atoms with van der Waals surface area (Å²) in [6.07, 6.45) is 1.61. The Morgan fingerprint density at radius 3 is 2.35 bits per heavy atom. The summed E-state index contributed by atoms with van der Waals surface area (Å²) in [4.78, 5) is 13.4. The van der Waals surface area contributed by atoms with Crippen LogP contribution in [-0.4, -0.2) is 26.4 Å². The number of carbonyl (C=O) groups excluding carboxylic acids is 1. The third kappa shape index (κ3) is 4.17. The highest BCUT2D eigenvalue weighted by Crippen LogP contribution is 2.51. The molecule has 5 nitrogen and oxygen atoms in total. The summed E-state index contributed by atoms with van der Waals surface area (Å²) in [5.41, 5.74) is 0.329. The molecule has 0 aromatic heterocycles. The third-order valence-electron chi connectivity index (χ3n) is 4.08. The predicted molar refractivity (Wildman–Crippen MR) is 103 cm³/mol. The van der Waals surface area contributed by atoms with Crippen LogP contribution in [0.25, 0.3) is 0 Å². The Hall–Kier alpha value is -2.10. The van der Waals surface area contributed by atoms with E-state index < -0.39 is 12.9 Å². The number of hydrogen-bond donors (Lipinski definition) is 0. The first-order valence-electron chi connectivity index (χ1n) is 8.55. The van der Waals surface area contributed by atoms with Gasteiger partial charge in [-0.25, -0.2) is 0 Å². The minimum absolute atomic E-state index is 0.256. The number of rotatable bonds is 9. The number of carbonyl (C=O) groups is 1. The maximum atomic E-state index is 13.7. The lowest BCUT2D eigenvalue weighted by Crippen LogP contribution is -2.17. The van der Waals surface area contributed by atoms with Crippen molar-refractivity contribution in [1.82, 2.24) is 0 Å². The molecule has 1 unspecified atom stereocenters. The van der Waals surface area contributed by atoms with Gasteiger partial charge in [0.1, 0.15) is 11.5 Å². The van der Waals surface area contributed by atoms with E-state index in [-0.39, 0.29) is 12.2 Å². The second-order valence-corrected chi connectivity index (χ2v) is 8.18. The minimum Gasteiger partial charge on any atom is -0.497 e. The van der Waals surface area contributed by atoms with Crippen LogP contribution >= 0.6 is 7.37 Å². The van der Waals surface area contributed by atoms with Gasteiger partial charge in [-0.05, 0) is 37.1 Å². The first-order chi connectivity index (χ1) is 12.5. The Morgan fingerprint density at radius 1 is 1.08 bits per heavy atom. The summed E-state index contributed by atoms with van der Waals surface area (Å²) in [6, 6.07) is 12.0. The fourth-order valence-corrected chi connectivity index (χ4v) is 4.67. The van der Waals surface area contributed by atoms with E-state index in [2.05, 4.69) is 0 Å². The SMILES string of the molecule is CCCCOP(=O)(C(=O)c1c(C)cc(OC)cc1OC)c1ccccc1. The van der Waals surface area contributed by atoms with Crippen molar-refractivity contribution >= 4 is 18.2 Å². The summed E-state index contributed by atoms with van der Waals surface area (Å²) in [5, 5.41) is 0.387. The molecule has 0 amide bonds. The van der Waals surface area contributed by atoms with Gasteiger partial charge in [0.05, 0.1) is 26.4 Å². The second-order valence-electron chi connectivity index (χ2n) is 5.90. The molecule has 0 saturated heterocycles. The van der Waals surface area contributed by atoms with E-state index in [0.29, 0.717) is 22.4 Å². The van der Waals surface area contributed by atoms with Gasteiger partial charge in [0.15, 0.2) is 0 Å². The average Bonchev–Trinajstić information content (AvgIpc) is 2.67. The van der Waals surface area contributed by atoms with Crippen molar-refractivity contribution in [2.45, 2.75) is 26.7 Å². The Labute approximate surface area is 154 Å². The molecule has 0 N–H and O–H groups in total. The molecule has 6 heteroatoms. The van der Waals surface area contributed by atoms with Gasteiger partial charge in [0.2, 0.25) is 0 Å². The number of ether oxygens (including phenoxy) is 2. The number of benzene rings is 2. The van der Waals surface area contributed by atoms with E-state index in [9.17, 15) is 9.36 Å². The first kappa shape index (κ1) is 20.2. The molecule has 0 spiro atoms. The molecule has 0 aliphatic carbocycles. The van der Waals surface area contributed by atoms with Crippen molar-refractivity contribution in [2.75, 3.05) is 20.8 Å². The van der Waals surface area contributed by atoms with E-state index in [1.807, 2.05) is 13.0 Å². The molecule has 140 valence electrons. The van der Waals surface area contributed by atoms with Gasteiger partial charge in [-0.15, -0.1) is 0 Å². The normalized spacial score (nSPS) is 13.1. The second kappa shape index (κ2) is 9.02. The van der Waals surface area contributed by atoms with Crippen LogP contribution < -0.4 is 14.8 Å². The molecular formula is C20H25O5P. The van der Waals surface area contributed by atoms with Crippen molar-refractivity contribution in [3.8, 4) is 11.5 Å². The molecule has 0 aliphatic rings. The fraction of sp³-hybridized carbons (Fsp3) is 0.350. The Morgan fingerprint density at radius 2 is 1.77 bits per heavy atom. The molecule has 0 fully saturated rings. The van der Waals surface area contributed by atoms with Crippen molar-refractivity contribution in [2.24, 2.45) is 0 Å². The Kier molecular flexibility index (Phi) is 7.01. The quantitative estimate of drug-likeness (QED) is 0.474. The molecule has 0 saturated carbocycles. The van der Waals surface area contributed by atoms with Crippen LogP contribution in [0.1, 0.15) is 35.7 Å². The molecule has 0 radical (unpaired) electrons. The zero-order valence-corrected chi connectivity index (χ0v) is 16.5. The van der Waals surface area contributed by atoms with E-state index in [1.165, 1.54) is 7.11 Å². The van der Waals surface area contributed by atoms with Crippen LogP contribution in [0.5, 0.6) is 11.5 Å². The zero-order chi connectivity index (χ0) is 19.2. The van der Waals surface area contributed by atoms with E-state index in [0.717, 1.165) is 12.8 Å². The maximum absolute atomic E-state index is 13.7. The third-order valence-corrected chi connectivity index (χ3v) is 6.36. The van der Waals surface area contributed by atoms with E-state index >= 15 is 0 Å². The standard InChI is InChI=1S/C20H25O5P/c1-5-6-12-25-26(22,17-10-8-7-9-11-17)20(21)19-15(2)13-16(23-3)14-18(19)24-4/h7-11,13-14H,5-6,12H2,1-4H3. The smallest absolute Gasteiger partial charge is 0.300 e. The summed E-state index contributed by atoms with van der Waals surface area (Å²) in [6.45, 7) is 4.03. The summed E-state index contributed by atoms with van der Waals surface area (Å²) < 4.78 is 30.0. The Balaban J connectivity index is 2.56. The summed E-state index contributed by atoms with van der Waals surface area (Å²) >= 11 is 0. The van der Waals surface area contributed by atoms with Crippen LogP contribution in [0.15, 0.2) is 42.5 Å². The number of unbranched alkanes of at least 4 members (excludes halogenated alkanes) is 1. The fourth-order valence-electron chi connectivity index (χ4n) is 2.64. The lowest BCUT2D eigenvalue weighted by molar-refractivity contribution is 0.105.